The molecule has 1 amide bonds. The molecule has 1 aromatic carbocycles. The minimum absolute atomic E-state index is 0.216. The SMILES string of the molecule is C/C=C/CC(NC(=O)C1(c2ccc(F)cc2)CCOCC1)C(=O)O. The number of ether oxygens (including phenoxy) is 1. The van der Waals surface area contributed by atoms with Crippen molar-refractivity contribution in [3.63, 3.8) is 0 Å². The van der Waals surface area contributed by atoms with E-state index in [0.29, 0.717) is 31.6 Å². The van der Waals surface area contributed by atoms with Gasteiger partial charge in [-0.3, -0.25) is 4.79 Å². The quantitative estimate of drug-likeness (QED) is 0.783. The summed E-state index contributed by atoms with van der Waals surface area (Å²) >= 11 is 0. The first-order valence-electron chi connectivity index (χ1n) is 7.98. The second kappa shape index (κ2) is 8.06. The molecule has 1 saturated heterocycles. The third kappa shape index (κ3) is 4.00. The molecule has 0 saturated carbocycles. The van der Waals surface area contributed by atoms with Gasteiger partial charge in [0.15, 0.2) is 0 Å². The lowest BCUT2D eigenvalue weighted by Crippen LogP contribution is -2.52. The number of carbonyl (C=O) groups is 2. The largest absolute Gasteiger partial charge is 0.480 e. The number of halogens is 1. The van der Waals surface area contributed by atoms with Gasteiger partial charge in [0.05, 0.1) is 5.41 Å². The summed E-state index contributed by atoms with van der Waals surface area (Å²) in [5.74, 6) is -1.81. The van der Waals surface area contributed by atoms with Crippen LogP contribution in [0.3, 0.4) is 0 Å². The van der Waals surface area contributed by atoms with Gasteiger partial charge in [0.1, 0.15) is 11.9 Å². The molecule has 2 N–H and O–H groups in total. The average Bonchev–Trinajstić information content (AvgIpc) is 2.59. The molecule has 1 aromatic rings. The van der Waals surface area contributed by atoms with Crippen molar-refractivity contribution >= 4 is 11.9 Å². The summed E-state index contributed by atoms with van der Waals surface area (Å²) in [5.41, 5.74) is -0.213. The summed E-state index contributed by atoms with van der Waals surface area (Å²) < 4.78 is 18.6. The normalized spacial score (nSPS) is 18.2. The first kappa shape index (κ1) is 18.1. The van der Waals surface area contributed by atoms with Crippen molar-refractivity contribution in [1.82, 2.24) is 5.32 Å². The Hall–Kier alpha value is -2.21. The summed E-state index contributed by atoms with van der Waals surface area (Å²) in [5, 5.41) is 12.0. The molecular weight excluding hydrogens is 313 g/mol. The van der Waals surface area contributed by atoms with Crippen LogP contribution in [0.5, 0.6) is 0 Å². The van der Waals surface area contributed by atoms with Crippen LogP contribution in [-0.2, 0) is 19.7 Å². The van der Waals surface area contributed by atoms with Crippen LogP contribution in [-0.4, -0.2) is 36.2 Å². The number of benzene rings is 1. The van der Waals surface area contributed by atoms with Crippen molar-refractivity contribution in [3.8, 4) is 0 Å². The van der Waals surface area contributed by atoms with Crippen LogP contribution in [0.25, 0.3) is 0 Å². The van der Waals surface area contributed by atoms with Crippen LogP contribution >= 0.6 is 0 Å². The van der Waals surface area contributed by atoms with Crippen LogP contribution < -0.4 is 5.32 Å². The molecule has 6 heteroatoms. The highest BCUT2D eigenvalue weighted by molar-refractivity contribution is 5.91. The van der Waals surface area contributed by atoms with E-state index in [4.69, 9.17) is 4.74 Å². The number of aliphatic carboxylic acids is 1. The highest BCUT2D eigenvalue weighted by atomic mass is 19.1. The van der Waals surface area contributed by atoms with Gasteiger partial charge in [-0.15, -0.1) is 0 Å². The van der Waals surface area contributed by atoms with E-state index >= 15 is 0 Å². The highest BCUT2D eigenvalue weighted by Crippen LogP contribution is 2.35. The standard InChI is InChI=1S/C18H22FNO4/c1-2-3-4-15(16(21)22)20-17(23)18(9-11-24-12-10-18)13-5-7-14(19)8-6-13/h2-3,5-8,15H,4,9-12H2,1H3,(H,20,23)(H,21,22)/b3-2+. The predicted molar refractivity (Wildman–Crippen MR) is 87.1 cm³/mol. The molecule has 1 fully saturated rings. The van der Waals surface area contributed by atoms with Gasteiger partial charge < -0.3 is 15.2 Å². The summed E-state index contributed by atoms with van der Waals surface area (Å²) in [6.07, 6.45) is 4.52. The van der Waals surface area contributed by atoms with Crippen molar-refractivity contribution in [2.75, 3.05) is 13.2 Å². The number of allylic oxidation sites excluding steroid dienone is 1. The Bertz CT molecular complexity index is 606. The number of rotatable bonds is 6. The topological polar surface area (TPSA) is 75.6 Å². The Labute approximate surface area is 140 Å². The maximum atomic E-state index is 13.2. The Morgan fingerprint density at radius 2 is 1.96 bits per heavy atom. The van der Waals surface area contributed by atoms with E-state index in [1.165, 1.54) is 12.1 Å². The van der Waals surface area contributed by atoms with Crippen molar-refractivity contribution in [2.45, 2.75) is 37.6 Å². The minimum atomic E-state index is -1.08. The van der Waals surface area contributed by atoms with E-state index in [0.717, 1.165) is 0 Å². The fourth-order valence-corrected chi connectivity index (χ4v) is 2.93. The summed E-state index contributed by atoms with van der Waals surface area (Å²) in [7, 11) is 0. The molecule has 0 radical (unpaired) electrons. The van der Waals surface area contributed by atoms with E-state index in [9.17, 15) is 19.1 Å². The highest BCUT2D eigenvalue weighted by Gasteiger charge is 2.42. The Morgan fingerprint density at radius 3 is 2.50 bits per heavy atom. The van der Waals surface area contributed by atoms with Gasteiger partial charge in [-0.25, -0.2) is 9.18 Å². The van der Waals surface area contributed by atoms with Gasteiger partial charge in [0.25, 0.3) is 0 Å². The molecule has 1 unspecified atom stereocenters. The molecule has 24 heavy (non-hydrogen) atoms. The second-order valence-electron chi connectivity index (χ2n) is 5.87. The maximum Gasteiger partial charge on any atom is 0.326 e. The van der Waals surface area contributed by atoms with Crippen molar-refractivity contribution < 1.29 is 23.8 Å². The smallest absolute Gasteiger partial charge is 0.326 e. The first-order chi connectivity index (χ1) is 11.5. The maximum absolute atomic E-state index is 13.2. The second-order valence-corrected chi connectivity index (χ2v) is 5.87. The monoisotopic (exact) mass is 335 g/mol. The van der Waals surface area contributed by atoms with Crippen LogP contribution in [0.1, 0.15) is 31.7 Å². The van der Waals surface area contributed by atoms with Gasteiger partial charge in [0, 0.05) is 13.2 Å². The van der Waals surface area contributed by atoms with Crippen LogP contribution in [0, 0.1) is 5.82 Å². The molecule has 0 aromatic heterocycles. The fourth-order valence-electron chi connectivity index (χ4n) is 2.93. The molecule has 1 aliphatic rings. The lowest BCUT2D eigenvalue weighted by Gasteiger charge is -2.37. The van der Waals surface area contributed by atoms with Crippen LogP contribution in [0.15, 0.2) is 36.4 Å². The average molecular weight is 335 g/mol. The van der Waals surface area contributed by atoms with Crippen molar-refractivity contribution in [2.24, 2.45) is 0 Å². The number of nitrogens with one attached hydrogen (secondary N) is 1. The van der Waals surface area contributed by atoms with Crippen LogP contribution in [0.2, 0.25) is 0 Å². The zero-order chi connectivity index (χ0) is 17.6. The van der Waals surface area contributed by atoms with E-state index in [1.54, 1.807) is 31.2 Å². The van der Waals surface area contributed by atoms with Gasteiger partial charge >= 0.3 is 5.97 Å². The number of carboxylic acids is 1. The summed E-state index contributed by atoms with van der Waals surface area (Å²) in [4.78, 5) is 24.3. The summed E-state index contributed by atoms with van der Waals surface area (Å²) in [6, 6.07) is 4.81. The van der Waals surface area contributed by atoms with E-state index < -0.39 is 17.4 Å². The zero-order valence-electron chi connectivity index (χ0n) is 13.6. The van der Waals surface area contributed by atoms with E-state index in [1.807, 2.05) is 0 Å². The first-order valence-corrected chi connectivity index (χ1v) is 7.98. The predicted octanol–water partition coefficient (Wildman–Crippen LogP) is 2.41. The minimum Gasteiger partial charge on any atom is -0.480 e. The van der Waals surface area contributed by atoms with Crippen molar-refractivity contribution in [3.05, 3.63) is 47.8 Å². The number of hydrogen-bond donors (Lipinski definition) is 2. The number of carboxylic acid groups (broad SMARTS) is 1. The molecule has 1 atom stereocenters. The van der Waals surface area contributed by atoms with Gasteiger partial charge in [0.2, 0.25) is 5.91 Å². The molecule has 0 spiro atoms. The Kier molecular flexibility index (Phi) is 6.09. The third-order valence-electron chi connectivity index (χ3n) is 4.39. The number of carbonyl (C=O) groups excluding carboxylic acids is 1. The Morgan fingerprint density at radius 1 is 1.33 bits per heavy atom. The molecule has 2 rings (SSSR count). The third-order valence-corrected chi connectivity index (χ3v) is 4.39. The number of amides is 1. The lowest BCUT2D eigenvalue weighted by molar-refractivity contribution is -0.143. The number of hydrogen-bond acceptors (Lipinski definition) is 3. The molecule has 0 aliphatic carbocycles. The molecular formula is C18H22FNO4. The van der Waals surface area contributed by atoms with E-state index in [2.05, 4.69) is 5.32 Å². The molecule has 1 aliphatic heterocycles. The van der Waals surface area contributed by atoms with Gasteiger partial charge in [-0.05, 0) is 43.9 Å². The Balaban J connectivity index is 2.28. The molecule has 0 bridgehead atoms. The zero-order valence-corrected chi connectivity index (χ0v) is 13.6. The lowest BCUT2D eigenvalue weighted by atomic mass is 9.73. The van der Waals surface area contributed by atoms with Gasteiger partial charge in [-0.1, -0.05) is 24.3 Å². The molecule has 130 valence electrons. The van der Waals surface area contributed by atoms with Gasteiger partial charge in [-0.2, -0.15) is 0 Å². The molecule has 1 heterocycles. The fraction of sp³-hybridized carbons (Fsp3) is 0.444. The summed E-state index contributed by atoms with van der Waals surface area (Å²) in [6.45, 7) is 2.59. The van der Waals surface area contributed by atoms with Crippen LogP contribution in [0.4, 0.5) is 4.39 Å². The van der Waals surface area contributed by atoms with Crippen molar-refractivity contribution in [1.29, 1.82) is 0 Å². The van der Waals surface area contributed by atoms with E-state index in [-0.39, 0.29) is 18.1 Å². The molecule has 5 nitrogen and oxygen atoms in total.